The van der Waals surface area contributed by atoms with Gasteiger partial charge in [0.1, 0.15) is 18.5 Å². The molecular weight excluding hydrogens is 330 g/mol. The Morgan fingerprint density at radius 3 is 2.62 bits per heavy atom. The Labute approximate surface area is 134 Å². The Morgan fingerprint density at radius 1 is 1.14 bits per heavy atom. The van der Waals surface area contributed by atoms with Crippen LogP contribution in [0.2, 0.25) is 0 Å². The summed E-state index contributed by atoms with van der Waals surface area (Å²) < 4.78 is 6.75. The zero-order chi connectivity index (χ0) is 15.1. The Bertz CT molecular complexity index is 560. The number of halogens is 1. The third kappa shape index (κ3) is 4.56. The Kier molecular flexibility index (Phi) is 6.23. The number of ether oxygens (including phenoxy) is 1. The van der Waals surface area contributed by atoms with Gasteiger partial charge in [0.05, 0.1) is 4.47 Å². The number of hydrogen-bond acceptors (Lipinski definition) is 3. The number of benzene rings is 2. The number of hydrogen-bond donors (Lipinski definition) is 2. The molecule has 0 bridgehead atoms. The van der Waals surface area contributed by atoms with E-state index in [0.717, 1.165) is 34.4 Å². The number of aliphatic hydroxyl groups is 1. The Morgan fingerprint density at radius 2 is 1.90 bits per heavy atom. The van der Waals surface area contributed by atoms with Gasteiger partial charge in [-0.05, 0) is 34.1 Å². The highest BCUT2D eigenvalue weighted by atomic mass is 79.9. The smallest absolute Gasteiger partial charge is 0.138 e. The van der Waals surface area contributed by atoms with Crippen LogP contribution in [-0.2, 0) is 6.54 Å². The van der Waals surface area contributed by atoms with Gasteiger partial charge in [0.25, 0.3) is 0 Å². The van der Waals surface area contributed by atoms with Gasteiger partial charge >= 0.3 is 0 Å². The lowest BCUT2D eigenvalue weighted by atomic mass is 10.1. The van der Waals surface area contributed by atoms with Crippen molar-refractivity contribution in [1.82, 2.24) is 5.32 Å². The topological polar surface area (TPSA) is 41.5 Å². The molecule has 0 aromatic heterocycles. The second kappa shape index (κ2) is 8.17. The standard InChI is InChI=1S/C17H20BrNO2/c1-2-19-11-14-9-6-10-15(18)17(14)21-12-16(20)13-7-4-3-5-8-13/h3-10,16,19-20H,2,11-12H2,1H3. The van der Waals surface area contributed by atoms with E-state index in [1.165, 1.54) is 0 Å². The summed E-state index contributed by atoms with van der Waals surface area (Å²) in [5.41, 5.74) is 1.93. The monoisotopic (exact) mass is 349 g/mol. The average Bonchev–Trinajstić information content (AvgIpc) is 2.52. The highest BCUT2D eigenvalue weighted by molar-refractivity contribution is 9.10. The summed E-state index contributed by atoms with van der Waals surface area (Å²) >= 11 is 3.51. The fourth-order valence-electron chi connectivity index (χ4n) is 2.05. The molecule has 3 nitrogen and oxygen atoms in total. The fraction of sp³-hybridized carbons (Fsp3) is 0.294. The third-order valence-corrected chi connectivity index (χ3v) is 3.81. The molecule has 0 saturated heterocycles. The first kappa shape index (κ1) is 16.0. The van der Waals surface area contributed by atoms with Crippen LogP contribution in [0.5, 0.6) is 5.75 Å². The van der Waals surface area contributed by atoms with Crippen molar-refractivity contribution in [2.24, 2.45) is 0 Å². The molecule has 4 heteroatoms. The van der Waals surface area contributed by atoms with Crippen molar-refractivity contribution in [3.05, 3.63) is 64.1 Å². The van der Waals surface area contributed by atoms with Crippen LogP contribution >= 0.6 is 15.9 Å². The van der Waals surface area contributed by atoms with Crippen LogP contribution in [0.4, 0.5) is 0 Å². The summed E-state index contributed by atoms with van der Waals surface area (Å²) in [5.74, 6) is 0.786. The number of rotatable bonds is 7. The van der Waals surface area contributed by atoms with Gasteiger partial charge < -0.3 is 15.2 Å². The predicted molar refractivity (Wildman–Crippen MR) is 88.4 cm³/mol. The van der Waals surface area contributed by atoms with Crippen molar-refractivity contribution >= 4 is 15.9 Å². The van der Waals surface area contributed by atoms with E-state index in [1.807, 2.05) is 48.5 Å². The summed E-state index contributed by atoms with van der Waals surface area (Å²) in [6, 6.07) is 15.5. The Balaban J connectivity index is 2.05. The first-order chi connectivity index (χ1) is 10.2. The van der Waals surface area contributed by atoms with E-state index in [-0.39, 0.29) is 6.61 Å². The lowest BCUT2D eigenvalue weighted by molar-refractivity contribution is 0.107. The van der Waals surface area contributed by atoms with E-state index in [0.29, 0.717) is 0 Å². The molecule has 2 rings (SSSR count). The molecule has 2 aromatic rings. The largest absolute Gasteiger partial charge is 0.489 e. The molecule has 0 spiro atoms. The first-order valence-electron chi connectivity index (χ1n) is 7.06. The lowest BCUT2D eigenvalue weighted by Crippen LogP contribution is -2.15. The van der Waals surface area contributed by atoms with E-state index >= 15 is 0 Å². The molecule has 2 N–H and O–H groups in total. The van der Waals surface area contributed by atoms with Crippen molar-refractivity contribution in [3.63, 3.8) is 0 Å². The second-order valence-corrected chi connectivity index (χ2v) is 5.60. The SMILES string of the molecule is CCNCc1cccc(Br)c1OCC(O)c1ccccc1. The molecule has 1 atom stereocenters. The van der Waals surface area contributed by atoms with E-state index < -0.39 is 6.10 Å². The van der Waals surface area contributed by atoms with Gasteiger partial charge in [-0.1, -0.05) is 49.4 Å². The predicted octanol–water partition coefficient (Wildman–Crippen LogP) is 3.67. The molecule has 112 valence electrons. The molecule has 21 heavy (non-hydrogen) atoms. The van der Waals surface area contributed by atoms with Crippen LogP contribution in [0.15, 0.2) is 53.0 Å². The maximum Gasteiger partial charge on any atom is 0.138 e. The maximum absolute atomic E-state index is 10.2. The number of para-hydroxylation sites is 1. The quantitative estimate of drug-likeness (QED) is 0.801. The highest BCUT2D eigenvalue weighted by Gasteiger charge is 2.12. The second-order valence-electron chi connectivity index (χ2n) is 4.75. The molecule has 0 saturated carbocycles. The molecule has 0 aliphatic carbocycles. The fourth-order valence-corrected chi connectivity index (χ4v) is 2.57. The van der Waals surface area contributed by atoms with Crippen LogP contribution in [0, 0.1) is 0 Å². The van der Waals surface area contributed by atoms with Crippen LogP contribution in [0.3, 0.4) is 0 Å². The summed E-state index contributed by atoms with van der Waals surface area (Å²) in [6.07, 6.45) is -0.634. The van der Waals surface area contributed by atoms with Gasteiger partial charge in [0, 0.05) is 12.1 Å². The molecule has 0 aliphatic rings. The van der Waals surface area contributed by atoms with Gasteiger partial charge in [-0.3, -0.25) is 0 Å². The first-order valence-corrected chi connectivity index (χ1v) is 7.85. The van der Waals surface area contributed by atoms with E-state index in [1.54, 1.807) is 0 Å². The lowest BCUT2D eigenvalue weighted by Gasteiger charge is -2.16. The maximum atomic E-state index is 10.2. The molecule has 1 unspecified atom stereocenters. The summed E-state index contributed by atoms with van der Waals surface area (Å²) in [5, 5.41) is 13.5. The molecule has 0 heterocycles. The van der Waals surface area contributed by atoms with Crippen molar-refractivity contribution in [2.45, 2.75) is 19.6 Å². The minimum Gasteiger partial charge on any atom is -0.489 e. The molecule has 0 radical (unpaired) electrons. The normalized spacial score (nSPS) is 12.1. The molecule has 2 aromatic carbocycles. The zero-order valence-electron chi connectivity index (χ0n) is 12.1. The van der Waals surface area contributed by atoms with Gasteiger partial charge in [0.15, 0.2) is 0 Å². The molecular formula is C17H20BrNO2. The summed E-state index contributed by atoms with van der Waals surface area (Å²) in [7, 11) is 0. The molecule has 0 fully saturated rings. The number of nitrogens with one attached hydrogen (secondary N) is 1. The summed E-state index contributed by atoms with van der Waals surface area (Å²) in [6.45, 7) is 3.94. The highest BCUT2D eigenvalue weighted by Crippen LogP contribution is 2.30. The van der Waals surface area contributed by atoms with Gasteiger partial charge in [-0.15, -0.1) is 0 Å². The molecule has 0 aliphatic heterocycles. The molecule has 0 amide bonds. The van der Waals surface area contributed by atoms with Crippen LogP contribution < -0.4 is 10.1 Å². The van der Waals surface area contributed by atoms with Crippen LogP contribution in [-0.4, -0.2) is 18.3 Å². The third-order valence-electron chi connectivity index (χ3n) is 3.18. The van der Waals surface area contributed by atoms with E-state index in [9.17, 15) is 5.11 Å². The van der Waals surface area contributed by atoms with Crippen molar-refractivity contribution < 1.29 is 9.84 Å². The minimum absolute atomic E-state index is 0.228. The van der Waals surface area contributed by atoms with Gasteiger partial charge in [-0.2, -0.15) is 0 Å². The average molecular weight is 350 g/mol. The van der Waals surface area contributed by atoms with E-state index in [4.69, 9.17) is 4.74 Å². The van der Waals surface area contributed by atoms with Gasteiger partial charge in [0.2, 0.25) is 0 Å². The minimum atomic E-state index is -0.634. The van der Waals surface area contributed by atoms with Crippen LogP contribution in [0.1, 0.15) is 24.2 Å². The Hall–Kier alpha value is -1.36. The zero-order valence-corrected chi connectivity index (χ0v) is 13.6. The van der Waals surface area contributed by atoms with Crippen molar-refractivity contribution in [1.29, 1.82) is 0 Å². The number of aliphatic hydroxyl groups excluding tert-OH is 1. The van der Waals surface area contributed by atoms with Crippen molar-refractivity contribution in [2.75, 3.05) is 13.2 Å². The van der Waals surface area contributed by atoms with Crippen molar-refractivity contribution in [3.8, 4) is 5.75 Å². The van der Waals surface area contributed by atoms with Gasteiger partial charge in [-0.25, -0.2) is 0 Å². The van der Waals surface area contributed by atoms with Crippen LogP contribution in [0.25, 0.3) is 0 Å². The summed E-state index contributed by atoms with van der Waals surface area (Å²) in [4.78, 5) is 0. The van der Waals surface area contributed by atoms with E-state index in [2.05, 4.69) is 28.2 Å².